The van der Waals surface area contributed by atoms with Crippen molar-refractivity contribution in [2.45, 2.75) is 4.90 Å². The van der Waals surface area contributed by atoms with E-state index in [-0.39, 0.29) is 42.2 Å². The molecular weight excluding hydrogens is 436 g/mol. The van der Waals surface area contributed by atoms with Gasteiger partial charge in [0.15, 0.2) is 18.1 Å². The van der Waals surface area contributed by atoms with Crippen LogP contribution in [-0.2, 0) is 19.6 Å². The standard InChI is InChI=1S/C19H19ClN2O7S/c20-15-10-14(30(24,25)22-5-7-26-8-6-22)2-4-16(15)27-11-19(23)21-13-1-3-17-18(9-13)29-12-28-17/h1-4,9-10H,5-8,11-12H2,(H,21,23). The van der Waals surface area contributed by atoms with E-state index < -0.39 is 15.9 Å². The molecular formula is C19H19ClN2O7S. The molecule has 0 spiro atoms. The summed E-state index contributed by atoms with van der Waals surface area (Å²) in [6, 6.07) is 9.19. The van der Waals surface area contributed by atoms with Gasteiger partial charge in [0.2, 0.25) is 16.8 Å². The summed E-state index contributed by atoms with van der Waals surface area (Å²) >= 11 is 6.19. The Morgan fingerprint density at radius 3 is 2.63 bits per heavy atom. The van der Waals surface area contributed by atoms with Gasteiger partial charge in [-0.1, -0.05) is 11.6 Å². The van der Waals surface area contributed by atoms with Crippen molar-refractivity contribution in [1.29, 1.82) is 0 Å². The Kier molecular flexibility index (Phi) is 6.00. The Bertz CT molecular complexity index is 1050. The highest BCUT2D eigenvalue weighted by Crippen LogP contribution is 2.34. The number of ether oxygens (including phenoxy) is 4. The molecule has 1 saturated heterocycles. The SMILES string of the molecule is O=C(COc1ccc(S(=O)(=O)N2CCOCC2)cc1Cl)Nc1ccc2c(c1)OCO2. The summed E-state index contributed by atoms with van der Waals surface area (Å²) < 4.78 is 47.9. The summed E-state index contributed by atoms with van der Waals surface area (Å²) in [5.41, 5.74) is 0.533. The van der Waals surface area contributed by atoms with E-state index in [9.17, 15) is 13.2 Å². The van der Waals surface area contributed by atoms with Gasteiger partial charge in [0, 0.05) is 24.8 Å². The quantitative estimate of drug-likeness (QED) is 0.712. The van der Waals surface area contributed by atoms with Crippen LogP contribution in [0.4, 0.5) is 5.69 Å². The van der Waals surface area contributed by atoms with Crippen LogP contribution in [0.5, 0.6) is 17.2 Å². The number of anilines is 1. The van der Waals surface area contributed by atoms with E-state index in [1.807, 2.05) is 0 Å². The molecule has 0 bridgehead atoms. The summed E-state index contributed by atoms with van der Waals surface area (Å²) in [5.74, 6) is 0.963. The summed E-state index contributed by atoms with van der Waals surface area (Å²) in [6.07, 6.45) is 0. The molecule has 0 unspecified atom stereocenters. The van der Waals surface area contributed by atoms with Crippen LogP contribution < -0.4 is 19.5 Å². The summed E-state index contributed by atoms with van der Waals surface area (Å²) in [4.78, 5) is 12.2. The molecule has 30 heavy (non-hydrogen) atoms. The molecule has 1 fully saturated rings. The first-order valence-electron chi connectivity index (χ1n) is 9.13. The van der Waals surface area contributed by atoms with Crippen molar-refractivity contribution in [2.75, 3.05) is 45.0 Å². The highest BCUT2D eigenvalue weighted by molar-refractivity contribution is 7.89. The minimum atomic E-state index is -3.67. The second-order valence-electron chi connectivity index (χ2n) is 6.51. The van der Waals surface area contributed by atoms with Crippen molar-refractivity contribution >= 4 is 33.2 Å². The zero-order valence-electron chi connectivity index (χ0n) is 15.8. The smallest absolute Gasteiger partial charge is 0.262 e. The van der Waals surface area contributed by atoms with E-state index in [1.165, 1.54) is 22.5 Å². The van der Waals surface area contributed by atoms with Gasteiger partial charge in [0.05, 0.1) is 23.1 Å². The first-order valence-corrected chi connectivity index (χ1v) is 10.9. The molecule has 11 heteroatoms. The molecule has 1 amide bonds. The molecule has 0 aliphatic carbocycles. The van der Waals surface area contributed by atoms with Gasteiger partial charge in [-0.3, -0.25) is 4.79 Å². The molecule has 2 aromatic rings. The molecule has 2 aliphatic heterocycles. The van der Waals surface area contributed by atoms with E-state index in [2.05, 4.69) is 5.32 Å². The Morgan fingerprint density at radius 1 is 1.10 bits per heavy atom. The topological polar surface area (TPSA) is 103 Å². The number of nitrogens with one attached hydrogen (secondary N) is 1. The number of nitrogens with zero attached hydrogens (tertiary/aromatic N) is 1. The predicted octanol–water partition coefficient (Wildman–Crippen LogP) is 2.11. The Labute approximate surface area is 178 Å². The maximum Gasteiger partial charge on any atom is 0.262 e. The van der Waals surface area contributed by atoms with Crippen LogP contribution in [0.25, 0.3) is 0 Å². The lowest BCUT2D eigenvalue weighted by Gasteiger charge is -2.26. The van der Waals surface area contributed by atoms with Crippen LogP contribution in [0.2, 0.25) is 5.02 Å². The number of halogens is 1. The van der Waals surface area contributed by atoms with Crippen LogP contribution in [0.1, 0.15) is 0 Å². The van der Waals surface area contributed by atoms with E-state index in [4.69, 9.17) is 30.5 Å². The highest BCUT2D eigenvalue weighted by Gasteiger charge is 2.27. The molecule has 2 aliphatic rings. The van der Waals surface area contributed by atoms with Gasteiger partial charge in [-0.15, -0.1) is 0 Å². The summed E-state index contributed by atoms with van der Waals surface area (Å²) in [5, 5.41) is 2.78. The third-order valence-electron chi connectivity index (χ3n) is 4.53. The fraction of sp³-hybridized carbons (Fsp3) is 0.316. The van der Waals surface area contributed by atoms with E-state index in [0.717, 1.165) is 0 Å². The van der Waals surface area contributed by atoms with E-state index >= 15 is 0 Å². The molecule has 0 radical (unpaired) electrons. The summed E-state index contributed by atoms with van der Waals surface area (Å²) in [6.45, 7) is 1.13. The zero-order chi connectivity index (χ0) is 21.1. The predicted molar refractivity (Wildman–Crippen MR) is 108 cm³/mol. The largest absolute Gasteiger partial charge is 0.482 e. The number of benzene rings is 2. The second kappa shape index (κ2) is 8.68. The lowest BCUT2D eigenvalue weighted by atomic mass is 10.3. The normalized spacial score (nSPS) is 16.3. The van der Waals surface area contributed by atoms with Crippen molar-refractivity contribution in [3.63, 3.8) is 0 Å². The number of morpholine rings is 1. The summed E-state index contributed by atoms with van der Waals surface area (Å²) in [7, 11) is -3.67. The lowest BCUT2D eigenvalue weighted by molar-refractivity contribution is -0.118. The average Bonchev–Trinajstić information content (AvgIpc) is 3.21. The number of amides is 1. The number of sulfonamides is 1. The minimum Gasteiger partial charge on any atom is -0.482 e. The molecule has 2 heterocycles. The van der Waals surface area contributed by atoms with Crippen LogP contribution >= 0.6 is 11.6 Å². The van der Waals surface area contributed by atoms with Gasteiger partial charge < -0.3 is 24.3 Å². The molecule has 9 nitrogen and oxygen atoms in total. The molecule has 0 atom stereocenters. The third-order valence-corrected chi connectivity index (χ3v) is 6.72. The third kappa shape index (κ3) is 4.46. The second-order valence-corrected chi connectivity index (χ2v) is 8.86. The number of rotatable bonds is 6. The average molecular weight is 455 g/mol. The van der Waals surface area contributed by atoms with E-state index in [1.54, 1.807) is 18.2 Å². The van der Waals surface area contributed by atoms with Crippen molar-refractivity contribution in [3.8, 4) is 17.2 Å². The van der Waals surface area contributed by atoms with Gasteiger partial charge in [-0.2, -0.15) is 4.31 Å². The van der Waals surface area contributed by atoms with Crippen LogP contribution in [0, 0.1) is 0 Å². The van der Waals surface area contributed by atoms with Crippen LogP contribution in [0.3, 0.4) is 0 Å². The Morgan fingerprint density at radius 2 is 1.87 bits per heavy atom. The van der Waals surface area contributed by atoms with Gasteiger partial charge in [-0.25, -0.2) is 8.42 Å². The maximum absolute atomic E-state index is 12.7. The van der Waals surface area contributed by atoms with Crippen molar-refractivity contribution in [3.05, 3.63) is 41.4 Å². The molecule has 0 aromatic heterocycles. The monoisotopic (exact) mass is 454 g/mol. The fourth-order valence-corrected chi connectivity index (χ4v) is 4.74. The number of hydrogen-bond donors (Lipinski definition) is 1. The number of hydrogen-bond acceptors (Lipinski definition) is 7. The molecule has 4 rings (SSSR count). The van der Waals surface area contributed by atoms with Crippen molar-refractivity contribution < 1.29 is 32.2 Å². The minimum absolute atomic E-state index is 0.0616. The molecule has 160 valence electrons. The molecule has 1 N–H and O–H groups in total. The first-order chi connectivity index (χ1) is 14.4. The molecule has 0 saturated carbocycles. The number of fused-ring (bicyclic) bond motifs is 1. The van der Waals surface area contributed by atoms with Gasteiger partial charge in [-0.05, 0) is 30.3 Å². The Balaban J connectivity index is 1.37. The Hall–Kier alpha value is -2.53. The van der Waals surface area contributed by atoms with Crippen LogP contribution in [0.15, 0.2) is 41.3 Å². The van der Waals surface area contributed by atoms with Crippen molar-refractivity contribution in [2.24, 2.45) is 0 Å². The van der Waals surface area contributed by atoms with Gasteiger partial charge in [0.25, 0.3) is 5.91 Å². The highest BCUT2D eigenvalue weighted by atomic mass is 35.5. The van der Waals surface area contributed by atoms with Crippen LogP contribution in [-0.4, -0.2) is 58.3 Å². The molecule has 2 aromatic carbocycles. The fourth-order valence-electron chi connectivity index (χ4n) is 3.01. The lowest BCUT2D eigenvalue weighted by Crippen LogP contribution is -2.40. The zero-order valence-corrected chi connectivity index (χ0v) is 17.4. The van der Waals surface area contributed by atoms with Gasteiger partial charge >= 0.3 is 0 Å². The number of carbonyl (C=O) groups is 1. The maximum atomic E-state index is 12.7. The van der Waals surface area contributed by atoms with Gasteiger partial charge in [0.1, 0.15) is 5.75 Å². The number of carbonyl (C=O) groups excluding carboxylic acids is 1. The van der Waals surface area contributed by atoms with Crippen molar-refractivity contribution in [1.82, 2.24) is 4.31 Å². The van der Waals surface area contributed by atoms with E-state index in [0.29, 0.717) is 30.4 Å². The first kappa shape index (κ1) is 20.7.